The van der Waals surface area contributed by atoms with Gasteiger partial charge in [0.1, 0.15) is 0 Å². The zero-order valence-electron chi connectivity index (χ0n) is 15.1. The molecule has 0 spiro atoms. The molecule has 2 heterocycles. The molecule has 0 saturated heterocycles. The van der Waals surface area contributed by atoms with Gasteiger partial charge in [-0.3, -0.25) is 20.2 Å². The molecule has 4 N–H and O–H groups in total. The molecule has 16 nitrogen and oxygen atoms in total. The molecule has 0 radical (unpaired) electrons. The van der Waals surface area contributed by atoms with Crippen LogP contribution in [-0.4, -0.2) is 58.2 Å². The largest absolute Gasteiger partial charge is 0.476 e. The van der Waals surface area contributed by atoms with E-state index in [4.69, 9.17) is 11.5 Å². The van der Waals surface area contributed by atoms with E-state index in [0.29, 0.717) is 0 Å². The van der Waals surface area contributed by atoms with Crippen LogP contribution >= 0.6 is 0 Å². The van der Waals surface area contributed by atoms with Crippen LogP contribution in [0, 0.1) is 20.2 Å². The lowest BCUT2D eigenvalue weighted by molar-refractivity contribution is -0.385. The topological polar surface area (TPSA) is 227 Å². The first-order chi connectivity index (χ1) is 13.2. The minimum absolute atomic E-state index is 0.0787. The SMILES string of the molecule is COc1nc(N)c([N+](=O)[O-])c(OC)n1.COc1nc(N)c([N+](=O)[O-])c(OC)n1. The molecule has 28 heavy (non-hydrogen) atoms. The Bertz CT molecular complexity index is 806. The molecule has 0 amide bonds. The van der Waals surface area contributed by atoms with Gasteiger partial charge in [-0.25, -0.2) is 0 Å². The van der Waals surface area contributed by atoms with E-state index in [0.717, 1.165) is 0 Å². The van der Waals surface area contributed by atoms with Crippen molar-refractivity contribution >= 4 is 23.0 Å². The third-order valence-electron chi connectivity index (χ3n) is 2.83. The van der Waals surface area contributed by atoms with Crippen LogP contribution in [0.4, 0.5) is 23.0 Å². The van der Waals surface area contributed by atoms with Crippen molar-refractivity contribution in [3.05, 3.63) is 20.2 Å². The number of nitrogen functional groups attached to an aromatic ring is 2. The number of aromatic nitrogens is 4. The lowest BCUT2D eigenvalue weighted by Crippen LogP contribution is -2.05. The van der Waals surface area contributed by atoms with Crippen molar-refractivity contribution in [1.29, 1.82) is 0 Å². The number of ether oxygens (including phenoxy) is 4. The fraction of sp³-hybridized carbons (Fsp3) is 0.333. The van der Waals surface area contributed by atoms with Gasteiger partial charge in [-0.1, -0.05) is 0 Å². The third kappa shape index (κ3) is 4.90. The predicted molar refractivity (Wildman–Crippen MR) is 92.4 cm³/mol. The van der Waals surface area contributed by atoms with Gasteiger partial charge in [-0.15, -0.1) is 0 Å². The molecule has 0 aliphatic heterocycles. The van der Waals surface area contributed by atoms with E-state index < -0.39 is 21.2 Å². The van der Waals surface area contributed by atoms with E-state index in [9.17, 15) is 20.2 Å². The molecule has 2 aromatic rings. The van der Waals surface area contributed by atoms with Gasteiger partial charge in [0.25, 0.3) is 0 Å². The number of anilines is 2. The summed E-state index contributed by atoms with van der Waals surface area (Å²) in [5, 5.41) is 21.1. The van der Waals surface area contributed by atoms with Gasteiger partial charge in [0.05, 0.1) is 38.3 Å². The first-order valence-corrected chi connectivity index (χ1v) is 6.99. The Labute approximate surface area is 156 Å². The van der Waals surface area contributed by atoms with E-state index in [2.05, 4.69) is 38.9 Å². The zero-order chi connectivity index (χ0) is 21.4. The highest BCUT2D eigenvalue weighted by Crippen LogP contribution is 2.31. The van der Waals surface area contributed by atoms with Crippen molar-refractivity contribution in [3.8, 4) is 23.8 Å². The molecular weight excluding hydrogens is 384 g/mol. The number of rotatable bonds is 6. The van der Waals surface area contributed by atoms with Crippen LogP contribution in [0.5, 0.6) is 23.8 Å². The molecular formula is C12H16N8O8. The maximum absolute atomic E-state index is 10.5. The zero-order valence-corrected chi connectivity index (χ0v) is 15.1. The molecule has 152 valence electrons. The normalized spacial score (nSPS) is 9.57. The number of methoxy groups -OCH3 is 4. The molecule has 16 heteroatoms. The van der Waals surface area contributed by atoms with Crippen LogP contribution in [0.15, 0.2) is 0 Å². The van der Waals surface area contributed by atoms with Gasteiger partial charge in [-0.2, -0.15) is 19.9 Å². The standard InChI is InChI=1S/2C6H8N4O4/c2*1-13-5-3(10(11)12)4(7)8-6(9-5)14-2/h2*1-2H3,(H2,7,8,9). The third-order valence-corrected chi connectivity index (χ3v) is 2.83. The Morgan fingerprint density at radius 2 is 1.00 bits per heavy atom. The average Bonchev–Trinajstić information content (AvgIpc) is 2.65. The molecule has 0 atom stereocenters. The van der Waals surface area contributed by atoms with E-state index in [1.165, 1.54) is 28.4 Å². The summed E-state index contributed by atoms with van der Waals surface area (Å²) < 4.78 is 18.7. The highest BCUT2D eigenvalue weighted by atomic mass is 16.6. The summed E-state index contributed by atoms with van der Waals surface area (Å²) in [6, 6.07) is -0.157. The Kier molecular flexibility index (Phi) is 7.36. The summed E-state index contributed by atoms with van der Waals surface area (Å²) in [6.07, 6.45) is 0. The van der Waals surface area contributed by atoms with Crippen molar-refractivity contribution in [2.45, 2.75) is 0 Å². The molecule has 0 aliphatic carbocycles. The number of nitro groups is 2. The summed E-state index contributed by atoms with van der Waals surface area (Å²) in [7, 11) is 5.13. The minimum Gasteiger partial charge on any atom is -0.476 e. The number of nitrogens with zero attached hydrogens (tertiary/aromatic N) is 6. The van der Waals surface area contributed by atoms with Crippen molar-refractivity contribution in [3.63, 3.8) is 0 Å². The average molecular weight is 400 g/mol. The van der Waals surface area contributed by atoms with E-state index >= 15 is 0 Å². The summed E-state index contributed by atoms with van der Waals surface area (Å²) in [4.78, 5) is 33.9. The van der Waals surface area contributed by atoms with Crippen LogP contribution in [0.3, 0.4) is 0 Å². The molecule has 0 bridgehead atoms. The highest BCUT2D eigenvalue weighted by Gasteiger charge is 2.25. The molecule has 0 saturated carbocycles. The summed E-state index contributed by atoms with van der Waals surface area (Å²) >= 11 is 0. The smallest absolute Gasteiger partial charge is 0.372 e. The second-order valence-electron chi connectivity index (χ2n) is 4.42. The van der Waals surface area contributed by atoms with Gasteiger partial charge in [-0.05, 0) is 0 Å². The Balaban J connectivity index is 0.000000280. The van der Waals surface area contributed by atoms with Crippen molar-refractivity contribution < 1.29 is 28.8 Å². The van der Waals surface area contributed by atoms with Crippen LogP contribution in [0.1, 0.15) is 0 Å². The van der Waals surface area contributed by atoms with E-state index in [1.54, 1.807) is 0 Å². The minimum atomic E-state index is -0.715. The lowest BCUT2D eigenvalue weighted by atomic mass is 10.4. The number of nitrogens with two attached hydrogens (primary N) is 2. The van der Waals surface area contributed by atoms with E-state index in [1.807, 2.05) is 0 Å². The second kappa shape index (κ2) is 9.46. The van der Waals surface area contributed by atoms with Crippen molar-refractivity contribution in [1.82, 2.24) is 19.9 Å². The fourth-order valence-corrected chi connectivity index (χ4v) is 1.67. The molecule has 2 aromatic heterocycles. The quantitative estimate of drug-likeness (QED) is 0.479. The van der Waals surface area contributed by atoms with Crippen molar-refractivity contribution in [2.24, 2.45) is 0 Å². The van der Waals surface area contributed by atoms with Gasteiger partial charge >= 0.3 is 35.2 Å². The van der Waals surface area contributed by atoms with Gasteiger partial charge in [0, 0.05) is 0 Å². The molecule has 0 aliphatic rings. The van der Waals surface area contributed by atoms with Gasteiger partial charge < -0.3 is 30.4 Å². The van der Waals surface area contributed by atoms with Crippen LogP contribution < -0.4 is 30.4 Å². The van der Waals surface area contributed by atoms with E-state index in [-0.39, 0.29) is 35.4 Å². The first-order valence-electron chi connectivity index (χ1n) is 6.99. The Hall–Kier alpha value is -4.24. The monoisotopic (exact) mass is 400 g/mol. The first kappa shape index (κ1) is 21.8. The lowest BCUT2D eigenvalue weighted by Gasteiger charge is -2.04. The van der Waals surface area contributed by atoms with Gasteiger partial charge in [0.15, 0.2) is 0 Å². The maximum Gasteiger partial charge on any atom is 0.372 e. The number of hydrogen-bond acceptors (Lipinski definition) is 14. The molecule has 0 aromatic carbocycles. The fourth-order valence-electron chi connectivity index (χ4n) is 1.67. The highest BCUT2D eigenvalue weighted by molar-refractivity contribution is 5.59. The Morgan fingerprint density at radius 1 is 0.679 bits per heavy atom. The Morgan fingerprint density at radius 3 is 1.21 bits per heavy atom. The summed E-state index contributed by atoms with van der Waals surface area (Å²) in [5.41, 5.74) is 9.71. The van der Waals surface area contributed by atoms with Crippen LogP contribution in [-0.2, 0) is 0 Å². The van der Waals surface area contributed by atoms with Gasteiger partial charge in [0.2, 0.25) is 11.6 Å². The van der Waals surface area contributed by atoms with Crippen LogP contribution in [0.25, 0.3) is 0 Å². The van der Waals surface area contributed by atoms with Crippen molar-refractivity contribution in [2.75, 3.05) is 39.9 Å². The molecule has 0 fully saturated rings. The molecule has 2 rings (SSSR count). The van der Waals surface area contributed by atoms with Crippen LogP contribution in [0.2, 0.25) is 0 Å². The maximum atomic E-state index is 10.5. The number of hydrogen-bond donors (Lipinski definition) is 2. The second-order valence-corrected chi connectivity index (χ2v) is 4.42. The summed E-state index contributed by atoms with van der Waals surface area (Å²) in [5.74, 6) is -1.03. The molecule has 0 unspecified atom stereocenters. The predicted octanol–water partition coefficient (Wildman–Crippen LogP) is -0.0316. The summed E-state index contributed by atoms with van der Waals surface area (Å²) in [6.45, 7) is 0.